The molecule has 0 radical (unpaired) electrons. The summed E-state index contributed by atoms with van der Waals surface area (Å²) in [6.07, 6.45) is 2.10. The molecule has 48 valence electrons. The maximum absolute atomic E-state index is 10.3. The number of hydrogen-bond acceptors (Lipinski definition) is 3. The normalized spacial score (nSPS) is 7.89. The standard InChI is InChI=1S/C6H8N2O/c7-4-2-1-3-6(9)5-8/h5,8H,1-3H2. The maximum Gasteiger partial charge on any atom is 0.173 e. The maximum atomic E-state index is 10.3. The molecule has 0 aliphatic rings. The Morgan fingerprint density at radius 2 is 2.44 bits per heavy atom. The molecule has 0 saturated heterocycles. The molecule has 3 heteroatoms. The molecule has 0 aromatic heterocycles. The van der Waals surface area contributed by atoms with Gasteiger partial charge < -0.3 is 5.41 Å². The molecule has 3 nitrogen and oxygen atoms in total. The fourth-order valence-electron chi connectivity index (χ4n) is 0.414. The lowest BCUT2D eigenvalue weighted by molar-refractivity contribution is -0.112. The van der Waals surface area contributed by atoms with Crippen molar-refractivity contribution in [1.29, 1.82) is 10.7 Å². The first kappa shape index (κ1) is 7.83. The molecule has 9 heavy (non-hydrogen) atoms. The van der Waals surface area contributed by atoms with E-state index < -0.39 is 0 Å². The lowest BCUT2D eigenvalue weighted by Crippen LogP contribution is -1.96. The van der Waals surface area contributed by atoms with Crippen molar-refractivity contribution in [2.45, 2.75) is 19.3 Å². The highest BCUT2D eigenvalue weighted by Gasteiger charge is 1.93. The number of rotatable bonds is 4. The molecule has 0 amide bonds. The van der Waals surface area contributed by atoms with Gasteiger partial charge in [0.05, 0.1) is 12.3 Å². The second-order valence-corrected chi connectivity index (χ2v) is 1.62. The molecule has 0 aromatic carbocycles. The van der Waals surface area contributed by atoms with Gasteiger partial charge in [-0.05, 0) is 6.42 Å². The number of hydrogen-bond donors (Lipinski definition) is 1. The Hall–Kier alpha value is -1.17. The van der Waals surface area contributed by atoms with E-state index in [2.05, 4.69) is 0 Å². The van der Waals surface area contributed by atoms with Crippen molar-refractivity contribution in [1.82, 2.24) is 0 Å². The molecule has 0 atom stereocenters. The number of nitrogens with one attached hydrogen (secondary N) is 1. The van der Waals surface area contributed by atoms with Gasteiger partial charge in [-0.2, -0.15) is 5.26 Å². The van der Waals surface area contributed by atoms with E-state index in [0.29, 0.717) is 19.3 Å². The molecule has 0 bridgehead atoms. The van der Waals surface area contributed by atoms with E-state index in [9.17, 15) is 4.79 Å². The third-order valence-electron chi connectivity index (χ3n) is 0.873. The monoisotopic (exact) mass is 124 g/mol. The summed E-state index contributed by atoms with van der Waals surface area (Å²) in [5.41, 5.74) is 0. The summed E-state index contributed by atoms with van der Waals surface area (Å²) < 4.78 is 0. The Morgan fingerprint density at radius 1 is 1.78 bits per heavy atom. The van der Waals surface area contributed by atoms with Gasteiger partial charge in [-0.3, -0.25) is 4.79 Å². The van der Waals surface area contributed by atoms with Crippen LogP contribution in [0, 0.1) is 16.7 Å². The highest BCUT2D eigenvalue weighted by molar-refractivity contribution is 6.26. The van der Waals surface area contributed by atoms with Crippen molar-refractivity contribution < 1.29 is 4.79 Å². The third kappa shape index (κ3) is 4.69. The average molecular weight is 124 g/mol. The van der Waals surface area contributed by atoms with E-state index in [1.165, 1.54) is 0 Å². The van der Waals surface area contributed by atoms with E-state index in [0.717, 1.165) is 6.21 Å². The summed E-state index contributed by atoms with van der Waals surface area (Å²) >= 11 is 0. The molecule has 0 saturated carbocycles. The molecule has 1 N–H and O–H groups in total. The Bertz CT molecular complexity index is 146. The minimum absolute atomic E-state index is 0.203. The van der Waals surface area contributed by atoms with Crippen LogP contribution in [0.25, 0.3) is 0 Å². The molecule has 0 unspecified atom stereocenters. The van der Waals surface area contributed by atoms with Gasteiger partial charge in [-0.25, -0.2) is 0 Å². The van der Waals surface area contributed by atoms with E-state index >= 15 is 0 Å². The molecule has 0 rings (SSSR count). The Balaban J connectivity index is 3.19. The van der Waals surface area contributed by atoms with Gasteiger partial charge in [0.15, 0.2) is 5.78 Å². The van der Waals surface area contributed by atoms with Crippen molar-refractivity contribution >= 4 is 12.0 Å². The van der Waals surface area contributed by atoms with Crippen LogP contribution in [0.3, 0.4) is 0 Å². The Labute approximate surface area is 53.8 Å². The van der Waals surface area contributed by atoms with Crippen LogP contribution in [0.2, 0.25) is 0 Å². The fourth-order valence-corrected chi connectivity index (χ4v) is 0.414. The molecule has 0 spiro atoms. The van der Waals surface area contributed by atoms with Crippen LogP contribution in [-0.4, -0.2) is 12.0 Å². The third-order valence-corrected chi connectivity index (χ3v) is 0.873. The smallest absolute Gasteiger partial charge is 0.173 e. The van der Waals surface area contributed by atoms with Crippen molar-refractivity contribution in [3.63, 3.8) is 0 Å². The molecular formula is C6H8N2O. The van der Waals surface area contributed by atoms with Gasteiger partial charge in [0.25, 0.3) is 0 Å². The van der Waals surface area contributed by atoms with E-state index in [1.54, 1.807) is 0 Å². The van der Waals surface area contributed by atoms with E-state index in [4.69, 9.17) is 10.7 Å². The van der Waals surface area contributed by atoms with Crippen LogP contribution in [-0.2, 0) is 4.79 Å². The van der Waals surface area contributed by atoms with Crippen LogP contribution in [0.15, 0.2) is 0 Å². The highest BCUT2D eigenvalue weighted by atomic mass is 16.1. The first-order valence-electron chi connectivity index (χ1n) is 2.71. The summed E-state index contributed by atoms with van der Waals surface area (Å²) in [7, 11) is 0. The largest absolute Gasteiger partial charge is 0.305 e. The number of unbranched alkanes of at least 4 members (excludes halogenated alkanes) is 1. The average Bonchev–Trinajstić information content (AvgIpc) is 1.89. The lowest BCUT2D eigenvalue weighted by atomic mass is 10.2. The van der Waals surface area contributed by atoms with Gasteiger partial charge in [-0.1, -0.05) is 0 Å². The molecule has 0 aromatic rings. The number of nitriles is 1. The zero-order valence-corrected chi connectivity index (χ0v) is 5.05. The van der Waals surface area contributed by atoms with Crippen LogP contribution < -0.4 is 0 Å². The molecule has 0 fully saturated rings. The molecular weight excluding hydrogens is 116 g/mol. The number of Topliss-reactive ketones (excluding diaryl/α,β-unsaturated/α-hetero) is 1. The number of carbonyl (C=O) groups is 1. The highest BCUT2D eigenvalue weighted by Crippen LogP contribution is 1.92. The first-order valence-corrected chi connectivity index (χ1v) is 2.71. The predicted octanol–water partition coefficient (Wildman–Crippen LogP) is 0.899. The van der Waals surface area contributed by atoms with Crippen molar-refractivity contribution in [2.75, 3.05) is 0 Å². The van der Waals surface area contributed by atoms with Crippen LogP contribution in [0.4, 0.5) is 0 Å². The first-order chi connectivity index (χ1) is 4.31. The van der Waals surface area contributed by atoms with E-state index in [-0.39, 0.29) is 5.78 Å². The van der Waals surface area contributed by atoms with Crippen molar-refractivity contribution in [3.05, 3.63) is 0 Å². The van der Waals surface area contributed by atoms with Gasteiger partial charge in [0, 0.05) is 12.8 Å². The van der Waals surface area contributed by atoms with E-state index in [1.807, 2.05) is 6.07 Å². The minimum Gasteiger partial charge on any atom is -0.305 e. The molecule has 0 aliphatic heterocycles. The number of carbonyl (C=O) groups excluding carboxylic acids is 1. The number of nitrogens with zero attached hydrogens (tertiary/aromatic N) is 1. The summed E-state index contributed by atoms with van der Waals surface area (Å²) in [6.45, 7) is 0. The summed E-state index contributed by atoms with van der Waals surface area (Å²) in [5.74, 6) is -0.203. The second kappa shape index (κ2) is 4.98. The van der Waals surface area contributed by atoms with Gasteiger partial charge in [0.1, 0.15) is 0 Å². The molecule has 0 heterocycles. The van der Waals surface area contributed by atoms with Crippen LogP contribution in [0.5, 0.6) is 0 Å². The van der Waals surface area contributed by atoms with Gasteiger partial charge in [-0.15, -0.1) is 0 Å². The topological polar surface area (TPSA) is 64.7 Å². The zero-order valence-electron chi connectivity index (χ0n) is 5.05. The predicted molar refractivity (Wildman–Crippen MR) is 33.3 cm³/mol. The van der Waals surface area contributed by atoms with Gasteiger partial charge >= 0.3 is 0 Å². The Kier molecular flexibility index (Phi) is 4.33. The summed E-state index contributed by atoms with van der Waals surface area (Å²) in [5, 5.41) is 14.5. The van der Waals surface area contributed by atoms with Crippen LogP contribution >= 0.6 is 0 Å². The quantitative estimate of drug-likeness (QED) is 0.447. The van der Waals surface area contributed by atoms with Crippen molar-refractivity contribution in [2.24, 2.45) is 0 Å². The van der Waals surface area contributed by atoms with Crippen molar-refractivity contribution in [3.8, 4) is 6.07 Å². The summed E-state index contributed by atoms with van der Waals surface area (Å²) in [6, 6.07) is 1.92. The minimum atomic E-state index is -0.203. The zero-order chi connectivity index (χ0) is 7.11. The Morgan fingerprint density at radius 3 is 2.89 bits per heavy atom. The lowest BCUT2D eigenvalue weighted by Gasteiger charge is -1.85. The summed E-state index contributed by atoms with van der Waals surface area (Å²) in [4.78, 5) is 10.3. The fraction of sp³-hybridized carbons (Fsp3) is 0.500. The molecule has 0 aliphatic carbocycles. The van der Waals surface area contributed by atoms with Crippen LogP contribution in [0.1, 0.15) is 19.3 Å². The van der Waals surface area contributed by atoms with Gasteiger partial charge in [0.2, 0.25) is 0 Å². The SMILES string of the molecule is N#CCCCC(=O)C=N. The second-order valence-electron chi connectivity index (χ2n) is 1.62. The number of ketones is 1.